The molecule has 0 saturated carbocycles. The van der Waals surface area contributed by atoms with Crippen molar-refractivity contribution >= 4 is 11.9 Å². The van der Waals surface area contributed by atoms with Gasteiger partial charge < -0.3 is 15.5 Å². The summed E-state index contributed by atoms with van der Waals surface area (Å²) >= 11 is 0. The molecule has 32 heavy (non-hydrogen) atoms. The first-order chi connectivity index (χ1) is 15.1. The lowest BCUT2D eigenvalue weighted by molar-refractivity contribution is 0.0628. The smallest absolute Gasteiger partial charge is 0.314 e. The SMILES string of the molecule is C.CC.CC.CNC(=O)NC.O=C(c1ccccc1)N1CCN(Cc2ccccc2)CC1. The van der Waals surface area contributed by atoms with Gasteiger partial charge in [0.25, 0.3) is 5.91 Å². The van der Waals surface area contributed by atoms with Crippen LogP contribution in [-0.2, 0) is 6.54 Å². The van der Waals surface area contributed by atoms with Crippen molar-refractivity contribution in [2.45, 2.75) is 41.7 Å². The molecule has 0 aromatic heterocycles. The zero-order valence-corrected chi connectivity index (χ0v) is 20.0. The largest absolute Gasteiger partial charge is 0.341 e. The molecule has 3 rings (SSSR count). The average molecular weight is 445 g/mol. The van der Waals surface area contributed by atoms with Gasteiger partial charge in [0.2, 0.25) is 0 Å². The van der Waals surface area contributed by atoms with E-state index in [-0.39, 0.29) is 19.4 Å². The van der Waals surface area contributed by atoms with Crippen molar-refractivity contribution < 1.29 is 9.59 Å². The minimum atomic E-state index is -0.157. The lowest BCUT2D eigenvalue weighted by atomic mass is 10.1. The second-order valence-corrected chi connectivity index (χ2v) is 6.25. The number of nitrogens with zero attached hydrogens (tertiary/aromatic N) is 2. The predicted molar refractivity (Wildman–Crippen MR) is 137 cm³/mol. The van der Waals surface area contributed by atoms with Gasteiger partial charge in [0.05, 0.1) is 0 Å². The van der Waals surface area contributed by atoms with Crippen molar-refractivity contribution in [1.29, 1.82) is 0 Å². The second kappa shape index (κ2) is 20.1. The molecule has 0 bridgehead atoms. The lowest BCUT2D eigenvalue weighted by Gasteiger charge is -2.34. The molecule has 1 saturated heterocycles. The van der Waals surface area contributed by atoms with Gasteiger partial charge in [0, 0.05) is 52.4 Å². The minimum Gasteiger partial charge on any atom is -0.341 e. The second-order valence-electron chi connectivity index (χ2n) is 6.25. The van der Waals surface area contributed by atoms with Crippen molar-refractivity contribution in [1.82, 2.24) is 20.4 Å². The summed E-state index contributed by atoms with van der Waals surface area (Å²) < 4.78 is 0. The number of piperazine rings is 1. The monoisotopic (exact) mass is 444 g/mol. The molecule has 6 nitrogen and oxygen atoms in total. The normalized spacial score (nSPS) is 12.1. The maximum atomic E-state index is 12.4. The van der Waals surface area contributed by atoms with E-state index in [2.05, 4.69) is 39.8 Å². The van der Waals surface area contributed by atoms with E-state index in [1.165, 1.54) is 5.56 Å². The fourth-order valence-corrected chi connectivity index (χ4v) is 2.84. The number of nitrogens with one attached hydrogen (secondary N) is 2. The van der Waals surface area contributed by atoms with Gasteiger partial charge in [-0.2, -0.15) is 0 Å². The Morgan fingerprint density at radius 2 is 1.19 bits per heavy atom. The number of rotatable bonds is 3. The summed E-state index contributed by atoms with van der Waals surface area (Å²) in [4.78, 5) is 26.7. The molecule has 1 aliphatic rings. The predicted octanol–water partition coefficient (Wildman–Crippen LogP) is 4.88. The Bertz CT molecular complexity index is 694. The molecule has 0 aliphatic carbocycles. The van der Waals surface area contributed by atoms with E-state index in [9.17, 15) is 9.59 Å². The zero-order chi connectivity index (χ0) is 23.5. The maximum absolute atomic E-state index is 12.4. The van der Waals surface area contributed by atoms with E-state index >= 15 is 0 Å². The van der Waals surface area contributed by atoms with E-state index in [0.717, 1.165) is 38.3 Å². The lowest BCUT2D eigenvalue weighted by Crippen LogP contribution is -2.48. The van der Waals surface area contributed by atoms with Crippen molar-refractivity contribution in [3.63, 3.8) is 0 Å². The number of urea groups is 1. The van der Waals surface area contributed by atoms with Gasteiger partial charge in [-0.05, 0) is 17.7 Å². The topological polar surface area (TPSA) is 64.7 Å². The summed E-state index contributed by atoms with van der Waals surface area (Å²) in [5.41, 5.74) is 2.12. The fourth-order valence-electron chi connectivity index (χ4n) is 2.84. The highest BCUT2D eigenvalue weighted by Gasteiger charge is 2.21. The van der Waals surface area contributed by atoms with E-state index in [0.29, 0.717) is 0 Å². The number of benzene rings is 2. The van der Waals surface area contributed by atoms with Crippen LogP contribution in [0.1, 0.15) is 51.0 Å². The van der Waals surface area contributed by atoms with Crippen molar-refractivity contribution in [3.8, 4) is 0 Å². The van der Waals surface area contributed by atoms with Gasteiger partial charge in [0.15, 0.2) is 0 Å². The average Bonchev–Trinajstić information content (AvgIpc) is 2.87. The summed E-state index contributed by atoms with van der Waals surface area (Å²) in [7, 11) is 3.14. The third-order valence-electron chi connectivity index (χ3n) is 4.38. The van der Waals surface area contributed by atoms with Crippen molar-refractivity contribution in [2.75, 3.05) is 40.3 Å². The van der Waals surface area contributed by atoms with E-state index in [1.807, 2.05) is 69.0 Å². The van der Waals surface area contributed by atoms with Crippen LogP contribution in [0.3, 0.4) is 0 Å². The fraction of sp³-hybridized carbons (Fsp3) is 0.462. The van der Waals surface area contributed by atoms with Gasteiger partial charge in [-0.1, -0.05) is 83.7 Å². The van der Waals surface area contributed by atoms with Crippen LogP contribution in [-0.4, -0.2) is 62.0 Å². The number of hydrogen-bond acceptors (Lipinski definition) is 3. The van der Waals surface area contributed by atoms with Crippen molar-refractivity contribution in [2.24, 2.45) is 0 Å². The van der Waals surface area contributed by atoms with Crippen LogP contribution in [0.4, 0.5) is 4.79 Å². The highest BCUT2D eigenvalue weighted by molar-refractivity contribution is 5.94. The first kappa shape index (κ1) is 31.3. The third kappa shape index (κ3) is 12.1. The molecule has 1 aliphatic heterocycles. The van der Waals surface area contributed by atoms with Crippen LogP contribution in [0.5, 0.6) is 0 Å². The molecule has 6 heteroatoms. The molecule has 0 spiro atoms. The summed E-state index contributed by atoms with van der Waals surface area (Å²) in [6, 6.07) is 19.9. The van der Waals surface area contributed by atoms with Crippen LogP contribution in [0.2, 0.25) is 0 Å². The number of amides is 3. The molecule has 0 atom stereocenters. The van der Waals surface area contributed by atoms with E-state index < -0.39 is 0 Å². The Labute approximate surface area is 196 Å². The quantitative estimate of drug-likeness (QED) is 0.709. The molecule has 0 radical (unpaired) electrons. The Balaban J connectivity index is 0. The summed E-state index contributed by atoms with van der Waals surface area (Å²) in [5, 5.41) is 4.73. The van der Waals surface area contributed by atoms with Gasteiger partial charge in [0.1, 0.15) is 0 Å². The third-order valence-corrected chi connectivity index (χ3v) is 4.38. The highest BCUT2D eigenvalue weighted by Crippen LogP contribution is 2.11. The molecule has 2 aromatic rings. The molecule has 180 valence electrons. The van der Waals surface area contributed by atoms with Crippen LogP contribution in [0.25, 0.3) is 0 Å². The van der Waals surface area contributed by atoms with Crippen LogP contribution in [0.15, 0.2) is 60.7 Å². The molecular formula is C26H44N4O2. The first-order valence-electron chi connectivity index (χ1n) is 11.1. The highest BCUT2D eigenvalue weighted by atomic mass is 16.2. The Morgan fingerprint density at radius 1 is 0.750 bits per heavy atom. The van der Waals surface area contributed by atoms with Gasteiger partial charge >= 0.3 is 6.03 Å². The van der Waals surface area contributed by atoms with Crippen LogP contribution < -0.4 is 10.6 Å². The van der Waals surface area contributed by atoms with Crippen LogP contribution >= 0.6 is 0 Å². The van der Waals surface area contributed by atoms with E-state index in [1.54, 1.807) is 14.1 Å². The Hall–Kier alpha value is -2.86. The number of carbonyl (C=O) groups excluding carboxylic acids is 2. The molecule has 3 amide bonds. The standard InChI is InChI=1S/C18H20N2O.C3H8N2O.2C2H6.CH4/c21-18(17-9-5-2-6-10-17)20-13-11-19(12-14-20)15-16-7-3-1-4-8-16;1-4-3(6)5-2;2*1-2;/h1-10H,11-15H2;1-2H3,(H2,4,5,6);2*1-2H3;1H4. The van der Waals surface area contributed by atoms with E-state index in [4.69, 9.17) is 0 Å². The summed E-state index contributed by atoms with van der Waals surface area (Å²) in [6.45, 7) is 12.5. The summed E-state index contributed by atoms with van der Waals surface area (Å²) in [5.74, 6) is 0.148. The molecular weight excluding hydrogens is 400 g/mol. The molecule has 2 aromatic carbocycles. The first-order valence-corrected chi connectivity index (χ1v) is 11.1. The molecule has 2 N–H and O–H groups in total. The number of carbonyl (C=O) groups is 2. The Morgan fingerprint density at radius 3 is 1.59 bits per heavy atom. The van der Waals surface area contributed by atoms with Gasteiger partial charge in [-0.3, -0.25) is 9.69 Å². The van der Waals surface area contributed by atoms with Gasteiger partial charge in [-0.25, -0.2) is 4.79 Å². The van der Waals surface area contributed by atoms with Crippen molar-refractivity contribution in [3.05, 3.63) is 71.8 Å². The minimum absolute atomic E-state index is 0. The maximum Gasteiger partial charge on any atom is 0.314 e. The molecule has 1 heterocycles. The molecule has 0 unspecified atom stereocenters. The van der Waals surface area contributed by atoms with Gasteiger partial charge in [-0.15, -0.1) is 0 Å². The molecule has 1 fully saturated rings. The summed E-state index contributed by atoms with van der Waals surface area (Å²) in [6.07, 6.45) is 0. The number of hydrogen-bond donors (Lipinski definition) is 2. The van der Waals surface area contributed by atoms with Crippen LogP contribution in [0, 0.1) is 0 Å². The zero-order valence-electron chi connectivity index (χ0n) is 20.0. The Kier molecular flexibility index (Phi) is 19.6.